The smallest absolute Gasteiger partial charge is 0.337 e. The number of benzene rings is 1. The van der Waals surface area contributed by atoms with Gasteiger partial charge in [-0.15, -0.1) is 0 Å². The van der Waals surface area contributed by atoms with E-state index in [4.69, 9.17) is 5.11 Å². The summed E-state index contributed by atoms with van der Waals surface area (Å²) in [4.78, 5) is 10.9. The molecule has 0 radical (unpaired) electrons. The fourth-order valence-electron chi connectivity index (χ4n) is 1.25. The Balaban J connectivity index is 2.67. The number of nitrogens with one attached hydrogen (secondary N) is 2. The number of para-hydroxylation sites is 1. The largest absolute Gasteiger partial charge is 0.478 e. The number of anilines is 1. The van der Waals surface area contributed by atoms with Crippen molar-refractivity contribution in [3.05, 3.63) is 29.8 Å². The first-order valence-corrected chi connectivity index (χ1v) is 6.59. The van der Waals surface area contributed by atoms with Crippen LogP contribution in [0.2, 0.25) is 0 Å². The Hall–Kier alpha value is -1.60. The molecule has 1 aromatic carbocycles. The van der Waals surface area contributed by atoms with Crippen LogP contribution in [0.25, 0.3) is 0 Å². The molecule has 0 atom stereocenters. The van der Waals surface area contributed by atoms with Gasteiger partial charge in [0, 0.05) is 12.2 Å². The van der Waals surface area contributed by atoms with Crippen molar-refractivity contribution in [3.63, 3.8) is 0 Å². The molecular formula is C10H14N2O4S. The van der Waals surface area contributed by atoms with E-state index >= 15 is 0 Å². The highest BCUT2D eigenvalue weighted by atomic mass is 32.2. The molecule has 0 fully saturated rings. The monoisotopic (exact) mass is 258 g/mol. The van der Waals surface area contributed by atoms with Crippen molar-refractivity contribution in [3.8, 4) is 0 Å². The Morgan fingerprint density at radius 2 is 2.00 bits per heavy atom. The van der Waals surface area contributed by atoms with Crippen molar-refractivity contribution < 1.29 is 18.3 Å². The van der Waals surface area contributed by atoms with E-state index in [1.165, 1.54) is 13.1 Å². The Bertz CT molecular complexity index is 499. The lowest BCUT2D eigenvalue weighted by Crippen LogP contribution is -2.26. The molecule has 0 aliphatic carbocycles. The van der Waals surface area contributed by atoms with Gasteiger partial charge < -0.3 is 10.4 Å². The van der Waals surface area contributed by atoms with E-state index in [1.54, 1.807) is 18.2 Å². The average Bonchev–Trinajstić information content (AvgIpc) is 2.29. The Kier molecular flexibility index (Phi) is 4.47. The van der Waals surface area contributed by atoms with Gasteiger partial charge in [0.2, 0.25) is 10.0 Å². The lowest BCUT2D eigenvalue weighted by atomic mass is 10.2. The summed E-state index contributed by atoms with van der Waals surface area (Å²) >= 11 is 0. The summed E-state index contributed by atoms with van der Waals surface area (Å²) in [6.45, 7) is 0.146. The molecule has 6 nitrogen and oxygen atoms in total. The lowest BCUT2D eigenvalue weighted by molar-refractivity contribution is 0.0698. The van der Waals surface area contributed by atoms with E-state index in [0.29, 0.717) is 5.69 Å². The zero-order valence-corrected chi connectivity index (χ0v) is 10.1. The second-order valence-corrected chi connectivity index (χ2v) is 5.35. The molecule has 7 heteroatoms. The molecule has 0 amide bonds. The van der Waals surface area contributed by atoms with Crippen LogP contribution in [-0.2, 0) is 10.0 Å². The van der Waals surface area contributed by atoms with Gasteiger partial charge in [0.05, 0.1) is 11.3 Å². The number of sulfonamides is 1. The summed E-state index contributed by atoms with van der Waals surface area (Å²) in [5, 5.41) is 11.7. The van der Waals surface area contributed by atoms with Crippen LogP contribution < -0.4 is 10.0 Å². The number of carboxylic acids is 1. The van der Waals surface area contributed by atoms with Crippen LogP contribution in [0, 0.1) is 0 Å². The number of carboxylic acid groups (broad SMARTS) is 1. The van der Waals surface area contributed by atoms with Gasteiger partial charge in [0.15, 0.2) is 0 Å². The maximum absolute atomic E-state index is 11.1. The third-order valence-electron chi connectivity index (χ3n) is 2.15. The first-order valence-electron chi connectivity index (χ1n) is 4.93. The molecule has 94 valence electrons. The summed E-state index contributed by atoms with van der Waals surface area (Å²) in [5.74, 6) is -1.16. The first-order chi connectivity index (χ1) is 7.96. The standard InChI is InChI=1S/C10H14N2O4S/c1-11-17(15,16)7-6-12-9-5-3-2-4-8(9)10(13)14/h2-5,11-12H,6-7H2,1H3,(H,13,14). The van der Waals surface area contributed by atoms with Crippen LogP contribution in [0.1, 0.15) is 10.4 Å². The third-order valence-corrected chi connectivity index (χ3v) is 3.52. The van der Waals surface area contributed by atoms with E-state index in [2.05, 4.69) is 10.0 Å². The molecule has 0 spiro atoms. The van der Waals surface area contributed by atoms with Crippen molar-refractivity contribution >= 4 is 21.7 Å². The second kappa shape index (κ2) is 5.65. The number of carbonyl (C=O) groups is 1. The van der Waals surface area contributed by atoms with Crippen LogP contribution in [0.15, 0.2) is 24.3 Å². The highest BCUT2D eigenvalue weighted by Gasteiger charge is 2.10. The van der Waals surface area contributed by atoms with Gasteiger partial charge in [-0.1, -0.05) is 12.1 Å². The molecule has 0 unspecified atom stereocenters. The molecule has 0 saturated heterocycles. The normalized spacial score (nSPS) is 11.1. The van der Waals surface area contributed by atoms with E-state index in [1.807, 2.05) is 0 Å². The summed E-state index contributed by atoms with van der Waals surface area (Å²) in [6.07, 6.45) is 0. The summed E-state index contributed by atoms with van der Waals surface area (Å²) < 4.78 is 24.5. The van der Waals surface area contributed by atoms with Gasteiger partial charge in [0.1, 0.15) is 0 Å². The quantitative estimate of drug-likeness (QED) is 0.684. The average molecular weight is 258 g/mol. The number of hydrogen-bond donors (Lipinski definition) is 3. The predicted molar refractivity (Wildman–Crippen MR) is 64.7 cm³/mol. The number of hydrogen-bond acceptors (Lipinski definition) is 4. The SMILES string of the molecule is CNS(=O)(=O)CCNc1ccccc1C(=O)O. The van der Waals surface area contributed by atoms with Gasteiger partial charge in [-0.3, -0.25) is 0 Å². The Morgan fingerprint density at radius 1 is 1.35 bits per heavy atom. The summed E-state index contributed by atoms with van der Waals surface area (Å²) in [6, 6.07) is 6.34. The highest BCUT2D eigenvalue weighted by Crippen LogP contribution is 2.14. The van der Waals surface area contributed by atoms with Crippen LogP contribution in [-0.4, -0.2) is 38.8 Å². The minimum atomic E-state index is -3.28. The Labute approximate surface area is 99.7 Å². The molecule has 0 heterocycles. The van der Waals surface area contributed by atoms with Gasteiger partial charge in [0.25, 0.3) is 0 Å². The van der Waals surface area contributed by atoms with Crippen LogP contribution in [0.5, 0.6) is 0 Å². The lowest BCUT2D eigenvalue weighted by Gasteiger charge is -2.09. The molecule has 3 N–H and O–H groups in total. The van der Waals surface area contributed by atoms with E-state index in [9.17, 15) is 13.2 Å². The zero-order valence-electron chi connectivity index (χ0n) is 9.30. The molecular weight excluding hydrogens is 244 g/mol. The summed E-state index contributed by atoms with van der Waals surface area (Å²) in [7, 11) is -1.95. The third kappa shape index (κ3) is 4.04. The van der Waals surface area contributed by atoms with Gasteiger partial charge in [-0.25, -0.2) is 17.9 Å². The molecule has 0 saturated carbocycles. The molecule has 17 heavy (non-hydrogen) atoms. The molecule has 0 aliphatic heterocycles. The topological polar surface area (TPSA) is 95.5 Å². The highest BCUT2D eigenvalue weighted by molar-refractivity contribution is 7.89. The predicted octanol–water partition coefficient (Wildman–Crippen LogP) is 0.346. The van der Waals surface area contributed by atoms with E-state index in [0.717, 1.165) is 0 Å². The van der Waals surface area contributed by atoms with Gasteiger partial charge in [-0.2, -0.15) is 0 Å². The van der Waals surface area contributed by atoms with Crippen molar-refractivity contribution in [2.24, 2.45) is 0 Å². The second-order valence-electron chi connectivity index (χ2n) is 3.30. The van der Waals surface area contributed by atoms with E-state index in [-0.39, 0.29) is 17.9 Å². The van der Waals surface area contributed by atoms with Crippen molar-refractivity contribution in [1.82, 2.24) is 4.72 Å². The van der Waals surface area contributed by atoms with Crippen LogP contribution >= 0.6 is 0 Å². The van der Waals surface area contributed by atoms with Gasteiger partial charge >= 0.3 is 5.97 Å². The molecule has 0 bridgehead atoms. The summed E-state index contributed by atoms with van der Waals surface area (Å²) in [5.41, 5.74) is 0.528. The van der Waals surface area contributed by atoms with Crippen molar-refractivity contribution in [1.29, 1.82) is 0 Å². The molecule has 1 rings (SSSR count). The van der Waals surface area contributed by atoms with Crippen molar-refractivity contribution in [2.75, 3.05) is 24.7 Å². The minimum Gasteiger partial charge on any atom is -0.478 e. The van der Waals surface area contributed by atoms with Gasteiger partial charge in [-0.05, 0) is 19.2 Å². The Morgan fingerprint density at radius 3 is 2.59 bits per heavy atom. The van der Waals surface area contributed by atoms with Crippen molar-refractivity contribution in [2.45, 2.75) is 0 Å². The minimum absolute atomic E-state index is 0.114. The van der Waals surface area contributed by atoms with Crippen LogP contribution in [0.4, 0.5) is 5.69 Å². The maximum atomic E-state index is 11.1. The first kappa shape index (κ1) is 13.5. The molecule has 1 aromatic rings. The zero-order chi connectivity index (χ0) is 12.9. The van der Waals surface area contributed by atoms with Crippen LogP contribution in [0.3, 0.4) is 0 Å². The molecule has 0 aliphatic rings. The number of rotatable bonds is 6. The number of aromatic carboxylic acids is 1. The fraction of sp³-hybridized carbons (Fsp3) is 0.300. The molecule has 0 aromatic heterocycles. The maximum Gasteiger partial charge on any atom is 0.337 e. The van der Waals surface area contributed by atoms with E-state index < -0.39 is 16.0 Å². The fourth-order valence-corrected chi connectivity index (χ4v) is 1.82.